The summed E-state index contributed by atoms with van der Waals surface area (Å²) in [5.41, 5.74) is 3.45. The summed E-state index contributed by atoms with van der Waals surface area (Å²) >= 11 is 1.37. The molecule has 0 fully saturated rings. The molecule has 0 bridgehead atoms. The first-order chi connectivity index (χ1) is 10.9. The van der Waals surface area contributed by atoms with Crippen LogP contribution in [0, 0.1) is 12.7 Å². The zero-order valence-corrected chi connectivity index (χ0v) is 14.2. The van der Waals surface area contributed by atoms with Crippen LogP contribution in [0.15, 0.2) is 53.4 Å². The average molecular weight is 347 g/mol. The molecule has 1 aromatic heterocycles. The van der Waals surface area contributed by atoms with Crippen molar-refractivity contribution in [1.82, 2.24) is 4.37 Å². The van der Waals surface area contributed by atoms with Crippen molar-refractivity contribution in [3.8, 4) is 22.4 Å². The largest absolute Gasteiger partial charge is 0.224 e. The topological polar surface area (TPSA) is 47.0 Å². The van der Waals surface area contributed by atoms with E-state index in [9.17, 15) is 12.8 Å². The molecule has 0 unspecified atom stereocenters. The van der Waals surface area contributed by atoms with Crippen molar-refractivity contribution in [3.63, 3.8) is 0 Å². The zero-order chi connectivity index (χ0) is 16.6. The van der Waals surface area contributed by atoms with Crippen LogP contribution in [0.3, 0.4) is 0 Å². The first-order valence-corrected chi connectivity index (χ1v) is 9.55. The summed E-state index contributed by atoms with van der Waals surface area (Å²) in [7, 11) is -3.22. The first-order valence-electron chi connectivity index (χ1n) is 6.89. The van der Waals surface area contributed by atoms with Crippen molar-refractivity contribution in [1.29, 1.82) is 0 Å². The van der Waals surface area contributed by atoms with Crippen LogP contribution in [0.1, 0.15) is 4.88 Å². The van der Waals surface area contributed by atoms with Crippen molar-refractivity contribution in [3.05, 3.63) is 59.2 Å². The van der Waals surface area contributed by atoms with Crippen LogP contribution in [-0.4, -0.2) is 19.0 Å². The van der Waals surface area contributed by atoms with Crippen LogP contribution in [0.5, 0.6) is 0 Å². The molecule has 0 N–H and O–H groups in total. The van der Waals surface area contributed by atoms with Crippen LogP contribution >= 0.6 is 11.5 Å². The minimum absolute atomic E-state index is 0.275. The van der Waals surface area contributed by atoms with E-state index in [2.05, 4.69) is 4.37 Å². The molecule has 0 amide bonds. The third-order valence-electron chi connectivity index (χ3n) is 3.55. The Morgan fingerprint density at radius 1 is 0.957 bits per heavy atom. The van der Waals surface area contributed by atoms with Crippen LogP contribution in [0.2, 0.25) is 0 Å². The van der Waals surface area contributed by atoms with E-state index in [1.54, 1.807) is 36.4 Å². The van der Waals surface area contributed by atoms with E-state index in [1.165, 1.54) is 29.9 Å². The highest BCUT2D eigenvalue weighted by Gasteiger charge is 2.15. The van der Waals surface area contributed by atoms with E-state index in [4.69, 9.17) is 0 Å². The van der Waals surface area contributed by atoms with Crippen molar-refractivity contribution < 1.29 is 12.8 Å². The van der Waals surface area contributed by atoms with Gasteiger partial charge in [-0.05, 0) is 48.3 Å². The quantitative estimate of drug-likeness (QED) is 0.708. The van der Waals surface area contributed by atoms with Gasteiger partial charge in [-0.1, -0.05) is 24.3 Å². The minimum atomic E-state index is -3.22. The lowest BCUT2D eigenvalue weighted by atomic mass is 10.00. The molecule has 0 aliphatic heterocycles. The van der Waals surface area contributed by atoms with Crippen LogP contribution in [-0.2, 0) is 9.84 Å². The van der Waals surface area contributed by atoms with Gasteiger partial charge < -0.3 is 0 Å². The van der Waals surface area contributed by atoms with Crippen molar-refractivity contribution in [2.75, 3.05) is 6.26 Å². The number of benzene rings is 2. The molecular formula is C17H14FNO2S2. The lowest BCUT2D eigenvalue weighted by molar-refractivity contribution is 0.602. The SMILES string of the molecule is Cc1snc(-c2ccc(S(C)(=O)=O)cc2)c1-c1ccc(F)cc1. The van der Waals surface area contributed by atoms with Crippen LogP contribution in [0.25, 0.3) is 22.4 Å². The van der Waals surface area contributed by atoms with Gasteiger partial charge in [-0.2, -0.15) is 4.37 Å². The Balaban J connectivity index is 2.10. The molecule has 0 saturated carbocycles. The predicted molar refractivity (Wildman–Crippen MR) is 90.8 cm³/mol. The van der Waals surface area contributed by atoms with E-state index >= 15 is 0 Å². The van der Waals surface area contributed by atoms with Gasteiger partial charge in [-0.3, -0.25) is 0 Å². The Morgan fingerprint density at radius 2 is 1.52 bits per heavy atom. The second-order valence-corrected chi connectivity index (χ2v) is 8.26. The first kappa shape index (κ1) is 15.8. The van der Waals surface area contributed by atoms with Gasteiger partial charge in [0, 0.05) is 22.3 Å². The smallest absolute Gasteiger partial charge is 0.175 e. The number of aryl methyl sites for hydroxylation is 1. The highest BCUT2D eigenvalue weighted by molar-refractivity contribution is 7.90. The monoisotopic (exact) mass is 347 g/mol. The summed E-state index contributed by atoms with van der Waals surface area (Å²) in [6.07, 6.45) is 1.18. The number of hydrogen-bond acceptors (Lipinski definition) is 4. The molecule has 3 aromatic rings. The fourth-order valence-electron chi connectivity index (χ4n) is 2.39. The number of hydrogen-bond donors (Lipinski definition) is 0. The molecular weight excluding hydrogens is 333 g/mol. The molecule has 2 aromatic carbocycles. The number of sulfone groups is 1. The Hall–Kier alpha value is -2.05. The van der Waals surface area contributed by atoms with Gasteiger partial charge in [-0.15, -0.1) is 0 Å². The number of rotatable bonds is 3. The average Bonchev–Trinajstić information content (AvgIpc) is 2.89. The molecule has 23 heavy (non-hydrogen) atoms. The number of aromatic nitrogens is 1. The normalized spacial score (nSPS) is 11.6. The maximum absolute atomic E-state index is 13.1. The standard InChI is InChI=1S/C17H14FNO2S2/c1-11-16(12-3-7-14(18)8-4-12)17(19-22-11)13-5-9-15(10-6-13)23(2,20)21/h3-10H,1-2H3. The molecule has 3 rings (SSSR count). The number of halogens is 1. The summed E-state index contributed by atoms with van der Waals surface area (Å²) in [5, 5.41) is 0. The van der Waals surface area contributed by atoms with Gasteiger partial charge in [0.05, 0.1) is 10.6 Å². The van der Waals surface area contributed by atoms with Gasteiger partial charge in [0.15, 0.2) is 9.84 Å². The Labute approximate surface area is 138 Å². The summed E-state index contributed by atoms with van der Waals surface area (Å²) in [5.74, 6) is -0.284. The fourth-order valence-corrected chi connectivity index (χ4v) is 3.75. The van der Waals surface area contributed by atoms with Crippen molar-refractivity contribution >= 4 is 21.4 Å². The van der Waals surface area contributed by atoms with Gasteiger partial charge in [0.25, 0.3) is 0 Å². The molecule has 0 aliphatic carbocycles. The Bertz CT molecular complexity index is 943. The molecule has 118 valence electrons. The zero-order valence-electron chi connectivity index (χ0n) is 12.6. The van der Waals surface area contributed by atoms with Crippen LogP contribution in [0.4, 0.5) is 4.39 Å². The van der Waals surface area contributed by atoms with Gasteiger partial charge in [0.1, 0.15) is 5.82 Å². The predicted octanol–water partition coefficient (Wildman–Crippen LogP) is 4.33. The summed E-state index contributed by atoms with van der Waals surface area (Å²) in [6.45, 7) is 1.96. The van der Waals surface area contributed by atoms with Gasteiger partial charge in [0.2, 0.25) is 0 Å². The minimum Gasteiger partial charge on any atom is -0.224 e. The number of nitrogens with zero attached hydrogens (tertiary/aromatic N) is 1. The second-order valence-electron chi connectivity index (χ2n) is 5.27. The second kappa shape index (κ2) is 5.86. The highest BCUT2D eigenvalue weighted by Crippen LogP contribution is 2.36. The third kappa shape index (κ3) is 3.18. The summed E-state index contributed by atoms with van der Waals surface area (Å²) < 4.78 is 40.7. The lowest BCUT2D eigenvalue weighted by Gasteiger charge is -2.06. The molecule has 0 saturated heterocycles. The maximum Gasteiger partial charge on any atom is 0.175 e. The van der Waals surface area contributed by atoms with E-state index < -0.39 is 9.84 Å². The summed E-state index contributed by atoms with van der Waals surface area (Å²) in [4.78, 5) is 1.30. The Kier molecular flexibility index (Phi) is 4.04. The molecule has 6 heteroatoms. The van der Waals surface area contributed by atoms with Crippen molar-refractivity contribution in [2.45, 2.75) is 11.8 Å². The van der Waals surface area contributed by atoms with E-state index in [0.717, 1.165) is 27.3 Å². The molecule has 0 radical (unpaired) electrons. The molecule has 0 spiro atoms. The molecule has 1 heterocycles. The van der Waals surface area contributed by atoms with Crippen LogP contribution < -0.4 is 0 Å². The maximum atomic E-state index is 13.1. The fraction of sp³-hybridized carbons (Fsp3) is 0.118. The van der Waals surface area contributed by atoms with Crippen molar-refractivity contribution in [2.24, 2.45) is 0 Å². The lowest BCUT2D eigenvalue weighted by Crippen LogP contribution is -1.96. The molecule has 0 atom stereocenters. The molecule has 3 nitrogen and oxygen atoms in total. The van der Waals surface area contributed by atoms with E-state index in [-0.39, 0.29) is 10.7 Å². The van der Waals surface area contributed by atoms with Gasteiger partial charge >= 0.3 is 0 Å². The molecule has 0 aliphatic rings. The van der Waals surface area contributed by atoms with Gasteiger partial charge in [-0.25, -0.2) is 12.8 Å². The highest BCUT2D eigenvalue weighted by atomic mass is 32.2. The third-order valence-corrected chi connectivity index (χ3v) is 5.43. The van der Waals surface area contributed by atoms with E-state index in [1.807, 2.05) is 6.92 Å². The summed E-state index contributed by atoms with van der Waals surface area (Å²) in [6, 6.07) is 12.9. The van der Waals surface area contributed by atoms with E-state index in [0.29, 0.717) is 0 Å². The Morgan fingerprint density at radius 3 is 2.09 bits per heavy atom.